The van der Waals surface area contributed by atoms with Crippen LogP contribution < -0.4 is 0 Å². The van der Waals surface area contributed by atoms with E-state index >= 15 is 0 Å². The Bertz CT molecular complexity index is 596. The molecular formula is C16H17BrO5. The molecule has 0 spiro atoms. The number of aliphatic hydroxyl groups excluding tert-OH is 1. The fourth-order valence-corrected chi connectivity index (χ4v) is 2.82. The zero-order valence-electron chi connectivity index (χ0n) is 11.9. The Morgan fingerprint density at radius 2 is 1.95 bits per heavy atom. The highest BCUT2D eigenvalue weighted by atomic mass is 79.9. The van der Waals surface area contributed by atoms with E-state index in [2.05, 4.69) is 15.9 Å². The van der Waals surface area contributed by atoms with Crippen molar-refractivity contribution in [1.29, 1.82) is 0 Å². The van der Waals surface area contributed by atoms with Crippen LogP contribution in [0.3, 0.4) is 0 Å². The molecular weight excluding hydrogens is 352 g/mol. The third-order valence-corrected chi connectivity index (χ3v) is 4.48. The molecule has 1 heterocycles. The summed E-state index contributed by atoms with van der Waals surface area (Å²) in [5, 5.41) is 18.7. The van der Waals surface area contributed by atoms with Gasteiger partial charge in [0.1, 0.15) is 15.8 Å². The van der Waals surface area contributed by atoms with Gasteiger partial charge < -0.3 is 14.9 Å². The normalized spacial score (nSPS) is 21.6. The van der Waals surface area contributed by atoms with Crippen LogP contribution in [0.2, 0.25) is 0 Å². The summed E-state index contributed by atoms with van der Waals surface area (Å²) >= 11 is 3.02. The van der Waals surface area contributed by atoms with E-state index < -0.39 is 17.5 Å². The van der Waals surface area contributed by atoms with Crippen molar-refractivity contribution >= 4 is 27.9 Å². The zero-order chi connectivity index (χ0) is 16.2. The third-order valence-electron chi connectivity index (χ3n) is 3.69. The van der Waals surface area contributed by atoms with E-state index in [1.165, 1.54) is 0 Å². The predicted molar refractivity (Wildman–Crippen MR) is 83.5 cm³/mol. The maximum atomic E-state index is 12.0. The SMILES string of the molecule is O=C(O)CCCCC1(c2ccccc2)CC(O)=C(Br)C(=O)O1. The van der Waals surface area contributed by atoms with Crippen molar-refractivity contribution < 1.29 is 24.5 Å². The van der Waals surface area contributed by atoms with Gasteiger partial charge in [0.15, 0.2) is 0 Å². The van der Waals surface area contributed by atoms with Crippen LogP contribution in [-0.2, 0) is 19.9 Å². The maximum absolute atomic E-state index is 12.0. The lowest BCUT2D eigenvalue weighted by Gasteiger charge is -2.37. The fraction of sp³-hybridized carbons (Fsp3) is 0.375. The van der Waals surface area contributed by atoms with Gasteiger partial charge in [-0.15, -0.1) is 0 Å². The van der Waals surface area contributed by atoms with Gasteiger partial charge in [0.2, 0.25) is 0 Å². The number of hydrogen-bond acceptors (Lipinski definition) is 4. The Hall–Kier alpha value is -1.82. The van der Waals surface area contributed by atoms with Crippen LogP contribution in [0.5, 0.6) is 0 Å². The van der Waals surface area contributed by atoms with Gasteiger partial charge in [-0.3, -0.25) is 4.79 Å². The number of carbonyl (C=O) groups is 2. The van der Waals surface area contributed by atoms with Crippen molar-refractivity contribution in [2.75, 3.05) is 0 Å². The number of halogens is 1. The monoisotopic (exact) mass is 368 g/mol. The zero-order valence-corrected chi connectivity index (χ0v) is 13.5. The highest BCUT2D eigenvalue weighted by Gasteiger charge is 2.42. The summed E-state index contributed by atoms with van der Waals surface area (Å²) in [6.45, 7) is 0. The Morgan fingerprint density at radius 1 is 1.27 bits per heavy atom. The van der Waals surface area contributed by atoms with Gasteiger partial charge in [-0.25, -0.2) is 4.79 Å². The van der Waals surface area contributed by atoms with Gasteiger partial charge in [-0.2, -0.15) is 0 Å². The Balaban J connectivity index is 2.23. The number of benzene rings is 1. The molecule has 1 aliphatic heterocycles. The number of carboxylic acids is 1. The van der Waals surface area contributed by atoms with Gasteiger partial charge in [-0.1, -0.05) is 30.3 Å². The first-order valence-corrected chi connectivity index (χ1v) is 7.82. The molecule has 0 bridgehead atoms. The second-order valence-electron chi connectivity index (χ2n) is 5.29. The van der Waals surface area contributed by atoms with E-state index in [0.29, 0.717) is 19.3 Å². The average Bonchev–Trinajstić information content (AvgIpc) is 2.50. The van der Waals surface area contributed by atoms with E-state index in [9.17, 15) is 14.7 Å². The lowest BCUT2D eigenvalue weighted by atomic mass is 9.83. The molecule has 2 rings (SSSR count). The van der Waals surface area contributed by atoms with Gasteiger partial charge in [0.05, 0.1) is 6.42 Å². The first-order valence-electron chi connectivity index (χ1n) is 7.03. The number of unbranched alkanes of at least 4 members (excludes halogenated alkanes) is 1. The molecule has 0 aliphatic carbocycles. The predicted octanol–water partition coefficient (Wildman–Crippen LogP) is 3.64. The molecule has 1 aromatic carbocycles. The topological polar surface area (TPSA) is 83.8 Å². The Morgan fingerprint density at radius 3 is 2.55 bits per heavy atom. The number of cyclic esters (lactones) is 1. The Labute approximate surface area is 136 Å². The minimum Gasteiger partial charge on any atom is -0.511 e. The summed E-state index contributed by atoms with van der Waals surface area (Å²) < 4.78 is 5.64. The van der Waals surface area contributed by atoms with E-state index in [4.69, 9.17) is 9.84 Å². The summed E-state index contributed by atoms with van der Waals surface area (Å²) in [5.74, 6) is -1.50. The van der Waals surface area contributed by atoms with Crippen LogP contribution in [-0.4, -0.2) is 22.2 Å². The third kappa shape index (κ3) is 3.68. The molecule has 0 radical (unpaired) electrons. The summed E-state index contributed by atoms with van der Waals surface area (Å²) in [7, 11) is 0. The lowest BCUT2D eigenvalue weighted by Crippen LogP contribution is -2.37. The smallest absolute Gasteiger partial charge is 0.349 e. The van der Waals surface area contributed by atoms with Crippen molar-refractivity contribution in [2.24, 2.45) is 0 Å². The van der Waals surface area contributed by atoms with E-state index in [-0.39, 0.29) is 23.1 Å². The van der Waals surface area contributed by atoms with Crippen LogP contribution in [0.25, 0.3) is 0 Å². The summed E-state index contributed by atoms with van der Waals surface area (Å²) in [6.07, 6.45) is 1.79. The fourth-order valence-electron chi connectivity index (χ4n) is 2.60. The molecule has 0 saturated heterocycles. The number of carboxylic acid groups (broad SMARTS) is 1. The molecule has 0 aromatic heterocycles. The molecule has 2 N–H and O–H groups in total. The minimum atomic E-state index is -0.946. The van der Waals surface area contributed by atoms with Crippen molar-refractivity contribution in [3.05, 3.63) is 46.1 Å². The first-order chi connectivity index (χ1) is 10.4. The van der Waals surface area contributed by atoms with E-state index in [1.807, 2.05) is 30.3 Å². The van der Waals surface area contributed by atoms with Crippen LogP contribution in [0.1, 0.15) is 37.7 Å². The molecule has 1 unspecified atom stereocenters. The Kier molecular flexibility index (Phi) is 5.24. The molecule has 6 heteroatoms. The summed E-state index contributed by atoms with van der Waals surface area (Å²) in [6, 6.07) is 9.23. The van der Waals surface area contributed by atoms with Crippen LogP contribution in [0, 0.1) is 0 Å². The highest BCUT2D eigenvalue weighted by molar-refractivity contribution is 9.12. The van der Waals surface area contributed by atoms with Gasteiger partial charge in [0.25, 0.3) is 0 Å². The number of aliphatic hydroxyl groups is 1. The number of esters is 1. The summed E-state index contributed by atoms with van der Waals surface area (Å²) in [5.41, 5.74) is -0.150. The van der Waals surface area contributed by atoms with Crippen molar-refractivity contribution in [3.63, 3.8) is 0 Å². The minimum absolute atomic E-state index is 0.0432. The van der Waals surface area contributed by atoms with Crippen LogP contribution in [0.15, 0.2) is 40.6 Å². The van der Waals surface area contributed by atoms with Gasteiger partial charge in [0, 0.05) is 6.42 Å². The highest BCUT2D eigenvalue weighted by Crippen LogP contribution is 2.42. The van der Waals surface area contributed by atoms with Gasteiger partial charge in [-0.05, 0) is 40.8 Å². The first kappa shape index (κ1) is 16.5. The molecule has 0 amide bonds. The summed E-state index contributed by atoms with van der Waals surface area (Å²) in [4.78, 5) is 22.6. The maximum Gasteiger partial charge on any atom is 0.349 e. The number of ether oxygens (including phenoxy) is 1. The second kappa shape index (κ2) is 6.96. The van der Waals surface area contributed by atoms with E-state index in [0.717, 1.165) is 5.56 Å². The quantitative estimate of drug-likeness (QED) is 0.591. The van der Waals surface area contributed by atoms with Crippen molar-refractivity contribution in [1.82, 2.24) is 0 Å². The van der Waals surface area contributed by atoms with E-state index in [1.54, 1.807) is 0 Å². The van der Waals surface area contributed by atoms with Crippen molar-refractivity contribution in [3.8, 4) is 0 Å². The number of carbonyl (C=O) groups excluding carboxylic acids is 1. The number of aliphatic carboxylic acids is 1. The number of hydrogen-bond donors (Lipinski definition) is 2. The molecule has 0 fully saturated rings. The van der Waals surface area contributed by atoms with Crippen molar-refractivity contribution in [2.45, 2.75) is 37.7 Å². The molecule has 22 heavy (non-hydrogen) atoms. The number of rotatable bonds is 6. The molecule has 118 valence electrons. The molecule has 1 aromatic rings. The molecule has 0 saturated carbocycles. The average molecular weight is 369 g/mol. The van der Waals surface area contributed by atoms with Crippen LogP contribution in [0.4, 0.5) is 0 Å². The second-order valence-corrected chi connectivity index (χ2v) is 6.08. The largest absolute Gasteiger partial charge is 0.511 e. The molecule has 1 aliphatic rings. The molecule has 5 nitrogen and oxygen atoms in total. The van der Waals surface area contributed by atoms with Crippen LogP contribution >= 0.6 is 15.9 Å². The lowest BCUT2D eigenvalue weighted by molar-refractivity contribution is -0.160. The molecule has 1 atom stereocenters. The van der Waals surface area contributed by atoms with Gasteiger partial charge >= 0.3 is 11.9 Å². The standard InChI is InChI=1S/C16H17BrO5/c17-14-12(18)10-16(22-15(14)21,9-5-4-8-13(19)20)11-6-2-1-3-7-11/h1-3,6-7,18H,4-5,8-10H2,(H,19,20).